The Labute approximate surface area is 214 Å². The van der Waals surface area contributed by atoms with Crippen molar-refractivity contribution in [3.05, 3.63) is 54.0 Å². The summed E-state index contributed by atoms with van der Waals surface area (Å²) in [5.74, 6) is 1.05. The summed E-state index contributed by atoms with van der Waals surface area (Å²) in [6.45, 7) is 6.92. The van der Waals surface area contributed by atoms with E-state index >= 15 is 0 Å². The number of piperidine rings is 1. The topological polar surface area (TPSA) is 84.2 Å². The number of anilines is 1. The second kappa shape index (κ2) is 10.7. The summed E-state index contributed by atoms with van der Waals surface area (Å²) >= 11 is 0. The number of rotatable bonds is 8. The Bertz CT molecular complexity index is 1320. The third-order valence-electron chi connectivity index (χ3n) is 7.27. The molecule has 8 nitrogen and oxygen atoms in total. The molecule has 1 aromatic carbocycles. The van der Waals surface area contributed by atoms with Crippen molar-refractivity contribution in [3.8, 4) is 0 Å². The smallest absolute Gasteiger partial charge is 0.225 e. The van der Waals surface area contributed by atoms with Crippen LogP contribution in [0.2, 0.25) is 0 Å². The van der Waals surface area contributed by atoms with Gasteiger partial charge in [0.1, 0.15) is 0 Å². The van der Waals surface area contributed by atoms with E-state index in [-0.39, 0.29) is 5.75 Å². The lowest BCUT2D eigenvalue weighted by Gasteiger charge is -2.32. The lowest BCUT2D eigenvalue weighted by Crippen LogP contribution is -2.36. The van der Waals surface area contributed by atoms with Crippen molar-refractivity contribution in [3.63, 3.8) is 0 Å². The van der Waals surface area contributed by atoms with Crippen LogP contribution in [-0.2, 0) is 16.4 Å². The van der Waals surface area contributed by atoms with Gasteiger partial charge in [0.2, 0.25) is 16.0 Å². The summed E-state index contributed by atoms with van der Waals surface area (Å²) in [4.78, 5) is 11.4. The molecule has 4 heterocycles. The van der Waals surface area contributed by atoms with Gasteiger partial charge in [0, 0.05) is 50.2 Å². The van der Waals surface area contributed by atoms with Gasteiger partial charge >= 0.3 is 0 Å². The normalized spacial score (nSPS) is 18.1. The van der Waals surface area contributed by atoms with Crippen LogP contribution in [0.4, 0.5) is 5.95 Å². The molecule has 0 amide bonds. The van der Waals surface area contributed by atoms with Gasteiger partial charge in [0.15, 0.2) is 0 Å². The van der Waals surface area contributed by atoms with Gasteiger partial charge in [-0.3, -0.25) is 4.68 Å². The molecule has 0 unspecified atom stereocenters. The molecule has 9 heteroatoms. The predicted octanol–water partition coefficient (Wildman–Crippen LogP) is 4.45. The van der Waals surface area contributed by atoms with E-state index in [0.29, 0.717) is 25.6 Å². The second-order valence-electron chi connectivity index (χ2n) is 9.90. The molecule has 2 aliphatic heterocycles. The Hall–Kier alpha value is -2.78. The molecule has 36 heavy (non-hydrogen) atoms. The van der Waals surface area contributed by atoms with E-state index < -0.39 is 10.0 Å². The van der Waals surface area contributed by atoms with E-state index in [0.717, 1.165) is 67.6 Å². The van der Waals surface area contributed by atoms with Crippen LogP contribution in [0, 0.1) is 0 Å². The van der Waals surface area contributed by atoms with Crippen LogP contribution < -0.4 is 4.90 Å². The van der Waals surface area contributed by atoms with Gasteiger partial charge in [0.25, 0.3) is 0 Å². The highest BCUT2D eigenvalue weighted by atomic mass is 32.2. The van der Waals surface area contributed by atoms with Gasteiger partial charge in [-0.2, -0.15) is 9.40 Å². The Balaban J connectivity index is 1.24. The standard InChI is InChI=1S/C27H36N6O2S/c1-3-5-21-18-28-27(29-19-21)31-12-10-25(11-13-31)33-20-24-17-23(6-7-26(24)30-33)22-8-14-32(15-9-22)36(34,35)16-4-2/h6-8,17-20,25H,3-5,9-16H2,1-2H3. The number of fused-ring (bicyclic) bond motifs is 1. The fourth-order valence-corrected chi connectivity index (χ4v) is 6.69. The zero-order valence-electron chi connectivity index (χ0n) is 21.3. The van der Waals surface area contributed by atoms with Crippen molar-refractivity contribution in [2.24, 2.45) is 0 Å². The number of aromatic nitrogens is 4. The average molecular weight is 509 g/mol. The third kappa shape index (κ3) is 5.32. The number of aryl methyl sites for hydroxylation is 1. The number of sulfonamides is 1. The second-order valence-corrected chi connectivity index (χ2v) is 12.0. The molecular weight excluding hydrogens is 472 g/mol. The molecule has 1 fully saturated rings. The van der Waals surface area contributed by atoms with Gasteiger partial charge in [-0.1, -0.05) is 32.4 Å². The van der Waals surface area contributed by atoms with Crippen molar-refractivity contribution in [1.29, 1.82) is 0 Å². The Morgan fingerprint density at radius 3 is 2.47 bits per heavy atom. The molecule has 0 atom stereocenters. The van der Waals surface area contributed by atoms with Crippen LogP contribution in [0.5, 0.6) is 0 Å². The minimum absolute atomic E-state index is 0.221. The maximum Gasteiger partial charge on any atom is 0.225 e. The molecule has 0 aliphatic carbocycles. The molecule has 0 radical (unpaired) electrons. The van der Waals surface area contributed by atoms with Crippen LogP contribution in [0.1, 0.15) is 63.1 Å². The molecule has 0 N–H and O–H groups in total. The first-order valence-electron chi connectivity index (χ1n) is 13.2. The predicted molar refractivity (Wildman–Crippen MR) is 144 cm³/mol. The first-order chi connectivity index (χ1) is 17.5. The summed E-state index contributed by atoms with van der Waals surface area (Å²) < 4.78 is 28.5. The van der Waals surface area contributed by atoms with Crippen LogP contribution >= 0.6 is 0 Å². The number of hydrogen-bond donors (Lipinski definition) is 0. The first kappa shape index (κ1) is 24.9. The molecular formula is C27H36N6O2S. The minimum Gasteiger partial charge on any atom is -0.341 e. The quantitative estimate of drug-likeness (QED) is 0.447. The Morgan fingerprint density at radius 2 is 1.81 bits per heavy atom. The molecule has 0 saturated carbocycles. The highest BCUT2D eigenvalue weighted by molar-refractivity contribution is 7.89. The maximum atomic E-state index is 12.4. The van der Waals surface area contributed by atoms with Gasteiger partial charge in [-0.25, -0.2) is 18.4 Å². The molecule has 3 aromatic rings. The Morgan fingerprint density at radius 1 is 1.03 bits per heavy atom. The molecule has 0 spiro atoms. The molecule has 0 bridgehead atoms. The van der Waals surface area contributed by atoms with E-state index in [9.17, 15) is 8.42 Å². The van der Waals surface area contributed by atoms with E-state index in [4.69, 9.17) is 5.10 Å². The van der Waals surface area contributed by atoms with Crippen LogP contribution in [-0.4, -0.2) is 64.4 Å². The van der Waals surface area contributed by atoms with Crippen molar-refractivity contribution < 1.29 is 8.42 Å². The lowest BCUT2D eigenvalue weighted by atomic mass is 9.99. The highest BCUT2D eigenvalue weighted by Crippen LogP contribution is 2.29. The molecule has 2 aromatic heterocycles. The van der Waals surface area contributed by atoms with Crippen LogP contribution in [0.3, 0.4) is 0 Å². The minimum atomic E-state index is -3.14. The monoisotopic (exact) mass is 508 g/mol. The highest BCUT2D eigenvalue weighted by Gasteiger charge is 2.25. The largest absolute Gasteiger partial charge is 0.341 e. The molecule has 5 rings (SSSR count). The van der Waals surface area contributed by atoms with Crippen molar-refractivity contribution in [2.75, 3.05) is 36.8 Å². The maximum absolute atomic E-state index is 12.4. The van der Waals surface area contributed by atoms with Gasteiger partial charge in [-0.05, 0) is 60.9 Å². The number of nitrogens with zero attached hydrogens (tertiary/aromatic N) is 6. The van der Waals surface area contributed by atoms with E-state index in [2.05, 4.69) is 56.9 Å². The van der Waals surface area contributed by atoms with E-state index in [1.807, 2.05) is 19.3 Å². The zero-order chi connectivity index (χ0) is 25.1. The van der Waals surface area contributed by atoms with Crippen molar-refractivity contribution in [2.45, 2.75) is 58.4 Å². The lowest BCUT2D eigenvalue weighted by molar-refractivity contribution is 0.367. The van der Waals surface area contributed by atoms with Crippen LogP contribution in [0.15, 0.2) is 42.9 Å². The van der Waals surface area contributed by atoms with Crippen LogP contribution in [0.25, 0.3) is 16.5 Å². The SMILES string of the molecule is CCCc1cnc(N2CCC(n3cc4cc(C5=CCN(S(=O)(=O)CCC)CC5)ccc4n3)CC2)nc1. The van der Waals surface area contributed by atoms with Crippen molar-refractivity contribution in [1.82, 2.24) is 24.1 Å². The fourth-order valence-electron chi connectivity index (χ4n) is 5.24. The summed E-state index contributed by atoms with van der Waals surface area (Å²) in [6.07, 6.45) is 13.7. The summed E-state index contributed by atoms with van der Waals surface area (Å²) in [5, 5.41) is 6.01. The average Bonchev–Trinajstić information content (AvgIpc) is 3.33. The fraction of sp³-hybridized carbons (Fsp3) is 0.519. The number of hydrogen-bond acceptors (Lipinski definition) is 6. The zero-order valence-corrected chi connectivity index (χ0v) is 22.1. The first-order valence-corrected chi connectivity index (χ1v) is 14.8. The summed E-state index contributed by atoms with van der Waals surface area (Å²) in [5.41, 5.74) is 4.57. The van der Waals surface area contributed by atoms with Gasteiger partial charge in [0.05, 0.1) is 17.3 Å². The van der Waals surface area contributed by atoms with Gasteiger partial charge in [-0.15, -0.1) is 0 Å². The van der Waals surface area contributed by atoms with E-state index in [1.165, 1.54) is 11.1 Å². The molecule has 1 saturated heterocycles. The summed E-state index contributed by atoms with van der Waals surface area (Å²) in [6, 6.07) is 6.76. The molecule has 192 valence electrons. The summed E-state index contributed by atoms with van der Waals surface area (Å²) in [7, 11) is -3.14. The van der Waals surface area contributed by atoms with E-state index in [1.54, 1.807) is 4.31 Å². The third-order valence-corrected chi connectivity index (χ3v) is 9.31. The number of benzene rings is 1. The van der Waals surface area contributed by atoms with Crippen molar-refractivity contribution >= 4 is 32.4 Å². The van der Waals surface area contributed by atoms with Gasteiger partial charge < -0.3 is 4.90 Å². The molecule has 2 aliphatic rings. The Kier molecular flexibility index (Phi) is 7.39.